The van der Waals surface area contributed by atoms with E-state index in [0.29, 0.717) is 17.6 Å². The molecule has 0 bridgehead atoms. The van der Waals surface area contributed by atoms with Crippen LogP contribution in [0.4, 0.5) is 0 Å². The number of thiophene rings is 1. The van der Waals surface area contributed by atoms with E-state index in [0.717, 1.165) is 15.8 Å². The lowest BCUT2D eigenvalue weighted by molar-refractivity contribution is 0.335. The largest absolute Gasteiger partial charge is 0.337 e. The van der Waals surface area contributed by atoms with Crippen LogP contribution in [0.3, 0.4) is 0 Å². The summed E-state index contributed by atoms with van der Waals surface area (Å²) < 4.78 is 6.22. The Labute approximate surface area is 112 Å². The highest BCUT2D eigenvalue weighted by Gasteiger charge is 2.17. The third kappa shape index (κ3) is 3.14. The van der Waals surface area contributed by atoms with Gasteiger partial charge in [-0.1, -0.05) is 19.0 Å². The molecular formula is C11H14BrN3OS. The molecule has 2 rings (SSSR count). The minimum atomic E-state index is -0.181. The van der Waals surface area contributed by atoms with Crippen LogP contribution in [0.1, 0.15) is 32.2 Å². The van der Waals surface area contributed by atoms with Crippen LogP contribution < -0.4 is 5.73 Å². The Hall–Kier alpha value is -0.720. The first-order chi connectivity index (χ1) is 8.06. The van der Waals surface area contributed by atoms with E-state index in [2.05, 4.69) is 39.9 Å². The Bertz CT molecular complexity index is 494. The molecule has 0 aromatic carbocycles. The average Bonchev–Trinajstić information content (AvgIpc) is 2.84. The van der Waals surface area contributed by atoms with Crippen LogP contribution in [0.2, 0.25) is 0 Å². The van der Waals surface area contributed by atoms with Gasteiger partial charge in [-0.05, 0) is 34.3 Å². The standard InChI is InChI=1S/C11H14BrN3OS/c1-6(2)3-8(13)11-14-10(15-16-11)9-4-7(12)5-17-9/h4-6,8H,3,13H2,1-2H3/t8-/m0/s1. The number of hydrogen-bond donors (Lipinski definition) is 1. The molecule has 0 aliphatic heterocycles. The van der Waals surface area contributed by atoms with E-state index < -0.39 is 0 Å². The third-order valence-electron chi connectivity index (χ3n) is 2.27. The Balaban J connectivity index is 2.15. The summed E-state index contributed by atoms with van der Waals surface area (Å²) in [5.74, 6) is 1.63. The monoisotopic (exact) mass is 315 g/mol. The minimum absolute atomic E-state index is 0.181. The van der Waals surface area contributed by atoms with Gasteiger partial charge >= 0.3 is 0 Å². The molecule has 0 aliphatic carbocycles. The molecule has 0 spiro atoms. The Morgan fingerprint density at radius 1 is 1.53 bits per heavy atom. The van der Waals surface area contributed by atoms with Crippen LogP contribution in [0.5, 0.6) is 0 Å². The molecular weight excluding hydrogens is 302 g/mol. The predicted molar refractivity (Wildman–Crippen MR) is 71.7 cm³/mol. The summed E-state index contributed by atoms with van der Waals surface area (Å²) in [5.41, 5.74) is 5.99. The van der Waals surface area contributed by atoms with Crippen molar-refractivity contribution in [3.05, 3.63) is 21.8 Å². The zero-order chi connectivity index (χ0) is 12.4. The highest BCUT2D eigenvalue weighted by Crippen LogP contribution is 2.28. The number of hydrogen-bond acceptors (Lipinski definition) is 5. The molecule has 0 unspecified atom stereocenters. The minimum Gasteiger partial charge on any atom is -0.337 e. The first-order valence-electron chi connectivity index (χ1n) is 5.40. The summed E-state index contributed by atoms with van der Waals surface area (Å²) in [5, 5.41) is 5.94. The second kappa shape index (κ2) is 5.29. The molecule has 1 atom stereocenters. The van der Waals surface area contributed by atoms with Gasteiger partial charge in [0.1, 0.15) is 0 Å². The molecule has 0 saturated carbocycles. The van der Waals surface area contributed by atoms with Crippen LogP contribution in [0, 0.1) is 5.92 Å². The highest BCUT2D eigenvalue weighted by molar-refractivity contribution is 9.10. The van der Waals surface area contributed by atoms with Crippen molar-refractivity contribution in [1.82, 2.24) is 10.1 Å². The number of nitrogens with two attached hydrogens (primary N) is 1. The normalized spacial score (nSPS) is 13.2. The highest BCUT2D eigenvalue weighted by atomic mass is 79.9. The summed E-state index contributed by atoms with van der Waals surface area (Å²) in [6.07, 6.45) is 0.843. The molecule has 17 heavy (non-hydrogen) atoms. The summed E-state index contributed by atoms with van der Waals surface area (Å²) in [6.45, 7) is 4.24. The van der Waals surface area contributed by atoms with E-state index in [-0.39, 0.29) is 6.04 Å². The van der Waals surface area contributed by atoms with Crippen molar-refractivity contribution in [1.29, 1.82) is 0 Å². The zero-order valence-corrected chi connectivity index (χ0v) is 12.1. The first-order valence-corrected chi connectivity index (χ1v) is 7.07. The summed E-state index contributed by atoms with van der Waals surface area (Å²) in [4.78, 5) is 5.31. The van der Waals surface area contributed by atoms with Crippen molar-refractivity contribution >= 4 is 27.3 Å². The van der Waals surface area contributed by atoms with Crippen LogP contribution in [-0.4, -0.2) is 10.1 Å². The van der Waals surface area contributed by atoms with Gasteiger partial charge in [0, 0.05) is 9.85 Å². The molecule has 92 valence electrons. The lowest BCUT2D eigenvalue weighted by atomic mass is 10.0. The Morgan fingerprint density at radius 2 is 2.29 bits per heavy atom. The fourth-order valence-corrected chi connectivity index (χ4v) is 2.88. The number of halogens is 1. The molecule has 6 heteroatoms. The van der Waals surface area contributed by atoms with Crippen molar-refractivity contribution in [2.75, 3.05) is 0 Å². The molecule has 0 radical (unpaired) electrons. The predicted octanol–water partition coefficient (Wildman–Crippen LogP) is 3.61. The van der Waals surface area contributed by atoms with E-state index in [4.69, 9.17) is 10.3 Å². The van der Waals surface area contributed by atoms with Crippen LogP contribution >= 0.6 is 27.3 Å². The van der Waals surface area contributed by atoms with Crippen LogP contribution in [-0.2, 0) is 0 Å². The van der Waals surface area contributed by atoms with E-state index in [1.807, 2.05) is 11.4 Å². The molecule has 2 N–H and O–H groups in total. The molecule has 2 aromatic rings. The quantitative estimate of drug-likeness (QED) is 0.936. The Morgan fingerprint density at radius 3 is 2.88 bits per heavy atom. The van der Waals surface area contributed by atoms with Gasteiger partial charge < -0.3 is 10.3 Å². The maximum absolute atomic E-state index is 5.99. The van der Waals surface area contributed by atoms with E-state index in [1.165, 1.54) is 0 Å². The van der Waals surface area contributed by atoms with Gasteiger partial charge in [0.2, 0.25) is 11.7 Å². The number of rotatable bonds is 4. The van der Waals surface area contributed by atoms with E-state index >= 15 is 0 Å². The molecule has 2 heterocycles. The lowest BCUT2D eigenvalue weighted by Crippen LogP contribution is -2.13. The fraction of sp³-hybridized carbons (Fsp3) is 0.455. The van der Waals surface area contributed by atoms with Gasteiger partial charge in [-0.25, -0.2) is 0 Å². The first kappa shape index (κ1) is 12.7. The molecule has 0 fully saturated rings. The van der Waals surface area contributed by atoms with Crippen molar-refractivity contribution in [2.24, 2.45) is 11.7 Å². The SMILES string of the molecule is CC(C)C[C@H](N)c1nc(-c2cc(Br)cs2)no1. The smallest absolute Gasteiger partial charge is 0.243 e. The van der Waals surface area contributed by atoms with Crippen molar-refractivity contribution in [3.63, 3.8) is 0 Å². The van der Waals surface area contributed by atoms with Crippen molar-refractivity contribution < 1.29 is 4.52 Å². The average molecular weight is 316 g/mol. The van der Waals surface area contributed by atoms with Gasteiger partial charge in [0.15, 0.2) is 0 Å². The second-order valence-electron chi connectivity index (χ2n) is 4.32. The molecule has 0 aliphatic rings. The molecule has 0 saturated heterocycles. The Kier molecular flexibility index (Phi) is 3.96. The third-order valence-corrected chi connectivity index (χ3v) is 3.96. The van der Waals surface area contributed by atoms with E-state index in [1.54, 1.807) is 11.3 Å². The van der Waals surface area contributed by atoms with E-state index in [9.17, 15) is 0 Å². The maximum atomic E-state index is 5.99. The van der Waals surface area contributed by atoms with Gasteiger partial charge in [0.05, 0.1) is 10.9 Å². The van der Waals surface area contributed by atoms with Crippen molar-refractivity contribution in [2.45, 2.75) is 26.3 Å². The summed E-state index contributed by atoms with van der Waals surface area (Å²) in [6, 6.07) is 1.78. The maximum Gasteiger partial charge on any atom is 0.243 e. The van der Waals surface area contributed by atoms with Crippen molar-refractivity contribution in [3.8, 4) is 10.7 Å². The van der Waals surface area contributed by atoms with Gasteiger partial charge in [-0.2, -0.15) is 4.98 Å². The molecule has 2 aromatic heterocycles. The second-order valence-corrected chi connectivity index (χ2v) is 6.15. The van der Waals surface area contributed by atoms with Gasteiger partial charge in [-0.3, -0.25) is 0 Å². The topological polar surface area (TPSA) is 64.9 Å². The molecule has 0 amide bonds. The number of nitrogens with zero attached hydrogens (tertiary/aromatic N) is 2. The fourth-order valence-electron chi connectivity index (χ4n) is 1.52. The lowest BCUT2D eigenvalue weighted by Gasteiger charge is -2.08. The van der Waals surface area contributed by atoms with Crippen LogP contribution in [0.25, 0.3) is 10.7 Å². The number of aromatic nitrogens is 2. The van der Waals surface area contributed by atoms with Gasteiger partial charge in [-0.15, -0.1) is 11.3 Å². The van der Waals surface area contributed by atoms with Gasteiger partial charge in [0.25, 0.3) is 0 Å². The molecule has 4 nitrogen and oxygen atoms in total. The van der Waals surface area contributed by atoms with Crippen LogP contribution in [0.15, 0.2) is 20.4 Å². The zero-order valence-electron chi connectivity index (χ0n) is 9.68. The summed E-state index contributed by atoms with van der Waals surface area (Å²) in [7, 11) is 0. The summed E-state index contributed by atoms with van der Waals surface area (Å²) >= 11 is 4.97.